The monoisotopic (exact) mass is 237 g/mol. The van der Waals surface area contributed by atoms with Gasteiger partial charge in [0.15, 0.2) is 5.88 Å². The zero-order chi connectivity index (χ0) is 12.4. The van der Waals surface area contributed by atoms with Crippen LogP contribution in [0.4, 0.5) is 5.69 Å². The zero-order valence-electron chi connectivity index (χ0n) is 9.54. The van der Waals surface area contributed by atoms with Crippen molar-refractivity contribution in [3.05, 3.63) is 54.2 Å². The number of rotatable bonds is 2. The summed E-state index contributed by atoms with van der Waals surface area (Å²) in [5.41, 5.74) is 2.95. The summed E-state index contributed by atoms with van der Waals surface area (Å²) in [5, 5.41) is 9.83. The molecule has 0 spiro atoms. The molecule has 0 fully saturated rings. The van der Waals surface area contributed by atoms with E-state index in [4.69, 9.17) is 0 Å². The standard InChI is InChI=1S/C14H11N3O/c18-14-11(9-16-10-5-2-1-3-6-10)13-12(17-14)7-4-8-15-13/h1-9,17-18H. The first-order chi connectivity index (χ1) is 8.84. The van der Waals surface area contributed by atoms with E-state index in [1.54, 1.807) is 12.4 Å². The number of nitrogens with one attached hydrogen (secondary N) is 1. The van der Waals surface area contributed by atoms with Crippen LogP contribution in [0.25, 0.3) is 11.0 Å². The van der Waals surface area contributed by atoms with Crippen LogP contribution in [0.1, 0.15) is 5.56 Å². The van der Waals surface area contributed by atoms with E-state index in [9.17, 15) is 5.11 Å². The Hall–Kier alpha value is -2.62. The van der Waals surface area contributed by atoms with Gasteiger partial charge < -0.3 is 10.1 Å². The SMILES string of the molecule is Oc1[nH]c2cccnc2c1C=Nc1ccccc1. The molecule has 0 amide bonds. The molecule has 2 aromatic heterocycles. The number of benzene rings is 1. The molecule has 4 heteroatoms. The molecule has 0 aliphatic heterocycles. The zero-order valence-corrected chi connectivity index (χ0v) is 9.54. The lowest BCUT2D eigenvalue weighted by Gasteiger charge is -1.92. The van der Waals surface area contributed by atoms with Crippen molar-refractivity contribution in [2.45, 2.75) is 0 Å². The van der Waals surface area contributed by atoms with Crippen LogP contribution in [0, 0.1) is 0 Å². The highest BCUT2D eigenvalue weighted by Gasteiger charge is 2.08. The van der Waals surface area contributed by atoms with E-state index in [-0.39, 0.29) is 5.88 Å². The van der Waals surface area contributed by atoms with Crippen LogP contribution in [0.5, 0.6) is 5.88 Å². The predicted octanol–water partition coefficient (Wildman–Crippen LogP) is 3.02. The molecule has 0 atom stereocenters. The maximum atomic E-state index is 9.83. The second-order valence-electron chi connectivity index (χ2n) is 3.88. The molecule has 0 unspecified atom stereocenters. The smallest absolute Gasteiger partial charge is 0.200 e. The number of fused-ring (bicyclic) bond motifs is 1. The van der Waals surface area contributed by atoms with Gasteiger partial charge in [-0.1, -0.05) is 18.2 Å². The van der Waals surface area contributed by atoms with Crippen molar-refractivity contribution in [2.75, 3.05) is 0 Å². The number of aliphatic imine (C=N–C) groups is 1. The average Bonchev–Trinajstić information content (AvgIpc) is 2.73. The van der Waals surface area contributed by atoms with E-state index in [1.165, 1.54) is 0 Å². The third-order valence-electron chi connectivity index (χ3n) is 2.67. The van der Waals surface area contributed by atoms with Gasteiger partial charge in [0.1, 0.15) is 5.52 Å². The summed E-state index contributed by atoms with van der Waals surface area (Å²) in [7, 11) is 0. The molecular formula is C14H11N3O. The minimum atomic E-state index is 0.0865. The summed E-state index contributed by atoms with van der Waals surface area (Å²) in [4.78, 5) is 11.4. The van der Waals surface area contributed by atoms with Gasteiger partial charge in [-0.2, -0.15) is 0 Å². The van der Waals surface area contributed by atoms with Crippen LogP contribution < -0.4 is 0 Å². The minimum absolute atomic E-state index is 0.0865. The molecule has 3 aromatic rings. The number of para-hydroxylation sites is 1. The number of pyridine rings is 1. The van der Waals surface area contributed by atoms with Crippen molar-refractivity contribution < 1.29 is 5.11 Å². The summed E-state index contributed by atoms with van der Waals surface area (Å²) in [6.45, 7) is 0. The molecular weight excluding hydrogens is 226 g/mol. The molecule has 2 N–H and O–H groups in total. The summed E-state index contributed by atoms with van der Waals surface area (Å²) >= 11 is 0. The second-order valence-corrected chi connectivity index (χ2v) is 3.88. The van der Waals surface area contributed by atoms with Gasteiger partial charge in [0.2, 0.25) is 0 Å². The summed E-state index contributed by atoms with van der Waals surface area (Å²) < 4.78 is 0. The molecule has 2 heterocycles. The third-order valence-corrected chi connectivity index (χ3v) is 2.67. The van der Waals surface area contributed by atoms with Crippen LogP contribution in [0.2, 0.25) is 0 Å². The predicted molar refractivity (Wildman–Crippen MR) is 71.5 cm³/mol. The molecule has 0 saturated heterocycles. The number of aromatic amines is 1. The van der Waals surface area contributed by atoms with Gasteiger partial charge in [-0.05, 0) is 24.3 Å². The lowest BCUT2D eigenvalue weighted by atomic mass is 10.2. The van der Waals surface area contributed by atoms with E-state index < -0.39 is 0 Å². The topological polar surface area (TPSA) is 61.3 Å². The Morgan fingerprint density at radius 2 is 1.94 bits per heavy atom. The van der Waals surface area contributed by atoms with Crippen LogP contribution >= 0.6 is 0 Å². The van der Waals surface area contributed by atoms with Gasteiger partial charge in [0, 0.05) is 12.4 Å². The number of hydrogen-bond donors (Lipinski definition) is 2. The van der Waals surface area contributed by atoms with Gasteiger partial charge in [0.25, 0.3) is 0 Å². The second kappa shape index (κ2) is 4.33. The molecule has 0 bridgehead atoms. The summed E-state index contributed by atoms with van der Waals surface area (Å²) in [6, 6.07) is 13.2. The Morgan fingerprint density at radius 1 is 1.11 bits per heavy atom. The van der Waals surface area contributed by atoms with E-state index >= 15 is 0 Å². The van der Waals surface area contributed by atoms with E-state index in [0.717, 1.165) is 16.7 Å². The minimum Gasteiger partial charge on any atom is -0.494 e. The third kappa shape index (κ3) is 1.84. The van der Waals surface area contributed by atoms with Crippen LogP contribution in [-0.4, -0.2) is 21.3 Å². The highest BCUT2D eigenvalue weighted by Crippen LogP contribution is 2.24. The average molecular weight is 237 g/mol. The van der Waals surface area contributed by atoms with Crippen LogP contribution in [0.3, 0.4) is 0 Å². The molecule has 18 heavy (non-hydrogen) atoms. The Bertz CT molecular complexity index is 701. The van der Waals surface area contributed by atoms with Crippen molar-refractivity contribution in [1.29, 1.82) is 0 Å². The van der Waals surface area contributed by atoms with E-state index in [1.807, 2.05) is 42.5 Å². The van der Waals surface area contributed by atoms with Gasteiger partial charge >= 0.3 is 0 Å². The molecule has 1 aromatic carbocycles. The van der Waals surface area contributed by atoms with Crippen molar-refractivity contribution in [3.8, 4) is 5.88 Å². The molecule has 4 nitrogen and oxygen atoms in total. The maximum Gasteiger partial charge on any atom is 0.200 e. The lowest BCUT2D eigenvalue weighted by molar-refractivity contribution is 0.457. The molecule has 0 aliphatic carbocycles. The number of nitrogens with zero attached hydrogens (tertiary/aromatic N) is 2. The first kappa shape index (κ1) is 10.5. The fourth-order valence-corrected chi connectivity index (χ4v) is 1.80. The summed E-state index contributed by atoms with van der Waals surface area (Å²) in [6.07, 6.45) is 3.31. The van der Waals surface area contributed by atoms with E-state index in [0.29, 0.717) is 5.56 Å². The van der Waals surface area contributed by atoms with Gasteiger partial charge in [-0.15, -0.1) is 0 Å². The molecule has 0 radical (unpaired) electrons. The fourth-order valence-electron chi connectivity index (χ4n) is 1.80. The van der Waals surface area contributed by atoms with Gasteiger partial charge in [-0.25, -0.2) is 0 Å². The van der Waals surface area contributed by atoms with Crippen molar-refractivity contribution in [3.63, 3.8) is 0 Å². The first-order valence-corrected chi connectivity index (χ1v) is 5.59. The number of aromatic nitrogens is 2. The summed E-state index contributed by atoms with van der Waals surface area (Å²) in [5.74, 6) is 0.0865. The Kier molecular flexibility index (Phi) is 2.53. The highest BCUT2D eigenvalue weighted by atomic mass is 16.3. The largest absolute Gasteiger partial charge is 0.494 e. The quantitative estimate of drug-likeness (QED) is 0.673. The number of hydrogen-bond acceptors (Lipinski definition) is 3. The molecule has 88 valence electrons. The normalized spacial score (nSPS) is 11.3. The maximum absolute atomic E-state index is 9.83. The fraction of sp³-hybridized carbons (Fsp3) is 0. The van der Waals surface area contributed by atoms with Crippen molar-refractivity contribution >= 4 is 22.9 Å². The lowest BCUT2D eigenvalue weighted by Crippen LogP contribution is -1.81. The van der Waals surface area contributed by atoms with Crippen LogP contribution in [0.15, 0.2) is 53.7 Å². The molecule has 0 aliphatic rings. The van der Waals surface area contributed by atoms with Gasteiger partial charge in [-0.3, -0.25) is 9.98 Å². The Morgan fingerprint density at radius 3 is 2.78 bits per heavy atom. The molecule has 0 saturated carbocycles. The number of aromatic hydroxyl groups is 1. The van der Waals surface area contributed by atoms with E-state index in [2.05, 4.69) is 15.0 Å². The van der Waals surface area contributed by atoms with Crippen LogP contribution in [-0.2, 0) is 0 Å². The first-order valence-electron chi connectivity index (χ1n) is 5.59. The Balaban J connectivity index is 2.05. The van der Waals surface area contributed by atoms with Crippen molar-refractivity contribution in [1.82, 2.24) is 9.97 Å². The highest BCUT2D eigenvalue weighted by molar-refractivity contribution is 6.00. The van der Waals surface area contributed by atoms with Crippen molar-refractivity contribution in [2.24, 2.45) is 4.99 Å². The molecule has 3 rings (SSSR count). The Labute approximate surface area is 104 Å². The number of H-pyrrole nitrogens is 1. The van der Waals surface area contributed by atoms with Gasteiger partial charge in [0.05, 0.1) is 16.8 Å².